The standard InChI is InChI=1S/C14H13N3O2/c1-11(4-5-13-3-2-10-19-13)16-17-14(18)12-6-8-15-9-7-12/h2-10H,1H3,(H,17,18). The predicted molar refractivity (Wildman–Crippen MR) is 72.6 cm³/mol. The minimum absolute atomic E-state index is 0.270. The van der Waals surface area contributed by atoms with E-state index in [2.05, 4.69) is 15.5 Å². The number of nitrogens with zero attached hydrogens (tertiary/aromatic N) is 2. The van der Waals surface area contributed by atoms with Gasteiger partial charge in [-0.15, -0.1) is 0 Å². The number of hydrogen-bond acceptors (Lipinski definition) is 4. The second kappa shape index (κ2) is 6.30. The third kappa shape index (κ3) is 3.92. The first-order valence-corrected chi connectivity index (χ1v) is 5.72. The van der Waals surface area contributed by atoms with E-state index in [1.54, 1.807) is 55.9 Å². The molecular weight excluding hydrogens is 242 g/mol. The molecule has 0 unspecified atom stereocenters. The van der Waals surface area contributed by atoms with Crippen molar-refractivity contribution in [2.45, 2.75) is 6.92 Å². The van der Waals surface area contributed by atoms with Crippen LogP contribution in [-0.4, -0.2) is 16.6 Å². The van der Waals surface area contributed by atoms with Crippen molar-refractivity contribution >= 4 is 17.7 Å². The lowest BCUT2D eigenvalue weighted by molar-refractivity contribution is 0.0954. The van der Waals surface area contributed by atoms with E-state index in [1.807, 2.05) is 6.07 Å². The second-order valence-corrected chi connectivity index (χ2v) is 3.78. The van der Waals surface area contributed by atoms with Crippen LogP contribution in [0.2, 0.25) is 0 Å². The van der Waals surface area contributed by atoms with Crippen molar-refractivity contribution in [1.82, 2.24) is 10.4 Å². The number of rotatable bonds is 4. The molecule has 0 aromatic carbocycles. The van der Waals surface area contributed by atoms with Gasteiger partial charge in [-0.2, -0.15) is 5.10 Å². The molecule has 2 aromatic rings. The number of carbonyl (C=O) groups excluding carboxylic acids is 1. The Hall–Kier alpha value is -2.69. The first-order chi connectivity index (χ1) is 9.25. The molecule has 0 spiro atoms. The molecule has 0 fully saturated rings. The summed E-state index contributed by atoms with van der Waals surface area (Å²) in [5.74, 6) is 0.461. The fourth-order valence-electron chi connectivity index (χ4n) is 1.33. The van der Waals surface area contributed by atoms with Crippen LogP contribution in [-0.2, 0) is 0 Å². The van der Waals surface area contributed by atoms with E-state index in [4.69, 9.17) is 4.42 Å². The molecule has 0 aliphatic heterocycles. The van der Waals surface area contributed by atoms with Crippen LogP contribution in [0.25, 0.3) is 6.08 Å². The van der Waals surface area contributed by atoms with Crippen molar-refractivity contribution in [3.05, 3.63) is 60.3 Å². The summed E-state index contributed by atoms with van der Waals surface area (Å²) in [5, 5.41) is 3.97. The van der Waals surface area contributed by atoms with E-state index in [0.29, 0.717) is 11.3 Å². The van der Waals surface area contributed by atoms with E-state index < -0.39 is 0 Å². The number of furan rings is 1. The molecule has 2 heterocycles. The van der Waals surface area contributed by atoms with Gasteiger partial charge in [0.2, 0.25) is 0 Å². The highest BCUT2D eigenvalue weighted by molar-refractivity contribution is 5.98. The fraction of sp³-hybridized carbons (Fsp3) is 0.0714. The molecule has 1 N–H and O–H groups in total. The summed E-state index contributed by atoms with van der Waals surface area (Å²) in [6.45, 7) is 1.78. The molecular formula is C14H13N3O2. The lowest BCUT2D eigenvalue weighted by atomic mass is 10.3. The van der Waals surface area contributed by atoms with Crippen LogP contribution >= 0.6 is 0 Å². The molecule has 19 heavy (non-hydrogen) atoms. The minimum Gasteiger partial charge on any atom is -0.465 e. The van der Waals surface area contributed by atoms with Gasteiger partial charge in [-0.1, -0.05) is 0 Å². The van der Waals surface area contributed by atoms with Crippen LogP contribution in [0.5, 0.6) is 0 Å². The number of carbonyl (C=O) groups is 1. The zero-order chi connectivity index (χ0) is 13.5. The normalized spacial score (nSPS) is 11.7. The van der Waals surface area contributed by atoms with Crippen molar-refractivity contribution in [2.24, 2.45) is 5.10 Å². The Labute approximate surface area is 110 Å². The molecule has 1 amide bonds. The number of hydrazone groups is 1. The maximum atomic E-state index is 11.7. The molecule has 5 nitrogen and oxygen atoms in total. The first kappa shape index (κ1) is 12.8. The second-order valence-electron chi connectivity index (χ2n) is 3.78. The van der Waals surface area contributed by atoms with Gasteiger partial charge in [0.15, 0.2) is 0 Å². The molecule has 96 valence electrons. The van der Waals surface area contributed by atoms with Crippen molar-refractivity contribution in [3.8, 4) is 0 Å². The number of hydrogen-bond donors (Lipinski definition) is 1. The summed E-state index contributed by atoms with van der Waals surface area (Å²) in [6.07, 6.45) is 8.24. The summed E-state index contributed by atoms with van der Waals surface area (Å²) in [4.78, 5) is 15.5. The van der Waals surface area contributed by atoms with Crippen molar-refractivity contribution in [3.63, 3.8) is 0 Å². The molecule has 5 heteroatoms. The van der Waals surface area contributed by atoms with Crippen molar-refractivity contribution < 1.29 is 9.21 Å². The van der Waals surface area contributed by atoms with Crippen molar-refractivity contribution in [1.29, 1.82) is 0 Å². The maximum Gasteiger partial charge on any atom is 0.271 e. The van der Waals surface area contributed by atoms with Gasteiger partial charge in [0, 0.05) is 18.0 Å². The van der Waals surface area contributed by atoms with Crippen LogP contribution in [0.4, 0.5) is 0 Å². The van der Waals surface area contributed by atoms with E-state index >= 15 is 0 Å². The average Bonchev–Trinajstić information content (AvgIpc) is 2.96. The Bertz CT molecular complexity index is 586. The van der Waals surface area contributed by atoms with E-state index in [9.17, 15) is 4.79 Å². The third-order valence-electron chi connectivity index (χ3n) is 2.31. The number of pyridine rings is 1. The van der Waals surface area contributed by atoms with Gasteiger partial charge in [0.05, 0.1) is 12.0 Å². The summed E-state index contributed by atoms with van der Waals surface area (Å²) >= 11 is 0. The smallest absolute Gasteiger partial charge is 0.271 e. The highest BCUT2D eigenvalue weighted by Crippen LogP contribution is 2.02. The monoisotopic (exact) mass is 255 g/mol. The Kier molecular flexibility index (Phi) is 4.23. The first-order valence-electron chi connectivity index (χ1n) is 5.72. The Morgan fingerprint density at radius 2 is 2.16 bits per heavy atom. The summed E-state index contributed by atoms with van der Waals surface area (Å²) < 4.78 is 5.14. The minimum atomic E-state index is -0.270. The van der Waals surface area contributed by atoms with Gasteiger partial charge < -0.3 is 4.42 Å². The largest absolute Gasteiger partial charge is 0.465 e. The molecule has 2 aromatic heterocycles. The Morgan fingerprint density at radius 1 is 1.37 bits per heavy atom. The Morgan fingerprint density at radius 3 is 2.84 bits per heavy atom. The van der Waals surface area contributed by atoms with Crippen molar-refractivity contribution in [2.75, 3.05) is 0 Å². The molecule has 0 atom stereocenters. The predicted octanol–water partition coefficient (Wildman–Crippen LogP) is 2.49. The molecule has 0 saturated heterocycles. The highest BCUT2D eigenvalue weighted by atomic mass is 16.3. The quantitative estimate of drug-likeness (QED) is 0.674. The van der Waals surface area contributed by atoms with Gasteiger partial charge >= 0.3 is 0 Å². The zero-order valence-electron chi connectivity index (χ0n) is 10.4. The lowest BCUT2D eigenvalue weighted by Gasteiger charge is -1.99. The molecule has 0 aliphatic rings. The molecule has 0 radical (unpaired) electrons. The van der Waals surface area contributed by atoms with Gasteiger partial charge in [-0.05, 0) is 43.3 Å². The van der Waals surface area contributed by atoms with E-state index in [-0.39, 0.29) is 5.91 Å². The summed E-state index contributed by atoms with van der Waals surface area (Å²) in [6, 6.07) is 6.88. The number of aromatic nitrogens is 1. The Balaban J connectivity index is 1.93. The molecule has 0 bridgehead atoms. The fourth-order valence-corrected chi connectivity index (χ4v) is 1.33. The van der Waals surface area contributed by atoms with Gasteiger partial charge in [-0.3, -0.25) is 9.78 Å². The number of amides is 1. The highest BCUT2D eigenvalue weighted by Gasteiger charge is 2.02. The van der Waals surface area contributed by atoms with Crippen LogP contribution in [0, 0.1) is 0 Å². The number of nitrogens with one attached hydrogen (secondary N) is 1. The third-order valence-corrected chi connectivity index (χ3v) is 2.31. The van der Waals surface area contributed by atoms with Crippen LogP contribution in [0.3, 0.4) is 0 Å². The SMILES string of the molecule is CC(C=Cc1ccco1)=NNC(=O)c1ccncc1. The van der Waals surface area contributed by atoms with Crippen LogP contribution in [0.1, 0.15) is 23.0 Å². The molecule has 0 saturated carbocycles. The maximum absolute atomic E-state index is 11.7. The zero-order valence-corrected chi connectivity index (χ0v) is 10.4. The van der Waals surface area contributed by atoms with E-state index in [1.165, 1.54) is 0 Å². The number of allylic oxidation sites excluding steroid dienone is 1. The average molecular weight is 255 g/mol. The van der Waals surface area contributed by atoms with Gasteiger partial charge in [0.25, 0.3) is 5.91 Å². The van der Waals surface area contributed by atoms with Crippen LogP contribution in [0.15, 0.2) is 58.5 Å². The molecule has 0 aliphatic carbocycles. The van der Waals surface area contributed by atoms with Crippen LogP contribution < -0.4 is 5.43 Å². The summed E-state index contributed by atoms with van der Waals surface area (Å²) in [5.41, 5.74) is 3.65. The lowest BCUT2D eigenvalue weighted by Crippen LogP contribution is -2.18. The topological polar surface area (TPSA) is 67.5 Å². The summed E-state index contributed by atoms with van der Waals surface area (Å²) in [7, 11) is 0. The van der Waals surface area contributed by atoms with Gasteiger partial charge in [0.1, 0.15) is 5.76 Å². The molecule has 2 rings (SSSR count). The van der Waals surface area contributed by atoms with E-state index in [0.717, 1.165) is 5.76 Å². The van der Waals surface area contributed by atoms with Gasteiger partial charge in [-0.25, -0.2) is 5.43 Å².